The second-order valence-corrected chi connectivity index (χ2v) is 3.36. The summed E-state index contributed by atoms with van der Waals surface area (Å²) in [6.45, 7) is 1.80. The molecule has 0 aromatic carbocycles. The van der Waals surface area contributed by atoms with E-state index in [0.29, 0.717) is 5.71 Å². The molecule has 0 bridgehead atoms. The lowest BCUT2D eigenvalue weighted by atomic mass is 10.4. The Hall–Kier alpha value is -0.150. The quantitative estimate of drug-likeness (QED) is 0.500. The maximum Gasteiger partial charge on any atom is 0.121 e. The van der Waals surface area contributed by atoms with Crippen LogP contribution in [0.15, 0.2) is 12.2 Å². The van der Waals surface area contributed by atoms with Crippen molar-refractivity contribution in [2.75, 3.05) is 5.75 Å². The average molecular weight is 166 g/mol. The van der Waals surface area contributed by atoms with Crippen LogP contribution < -0.4 is 0 Å². The minimum absolute atomic E-state index is 0.131. The zero-order chi connectivity index (χ0) is 7.28. The van der Waals surface area contributed by atoms with Crippen molar-refractivity contribution in [3.63, 3.8) is 0 Å². The summed E-state index contributed by atoms with van der Waals surface area (Å²) in [7, 11) is 3.71. The molecule has 0 aromatic heterocycles. The van der Waals surface area contributed by atoms with Gasteiger partial charge in [0.2, 0.25) is 0 Å². The van der Waals surface area contributed by atoms with Gasteiger partial charge in [0.1, 0.15) is 10.0 Å². The number of halogens is 1. The maximum absolute atomic E-state index is 10.2. The van der Waals surface area contributed by atoms with E-state index in [1.807, 2.05) is 0 Å². The van der Waals surface area contributed by atoms with Gasteiger partial charge in [0.15, 0.2) is 0 Å². The monoisotopic (exact) mass is 165 g/mol. The van der Waals surface area contributed by atoms with Gasteiger partial charge < -0.3 is 5.41 Å². The molecule has 0 amide bonds. The molecule has 0 aromatic rings. The standard InChI is InChI=1S/C5H8ClNOS/c1-2-3-5(7)4-9(6)8/h2-3,7H,4H2,1H3/b3-2-,7-5?. The molecule has 0 aliphatic heterocycles. The van der Waals surface area contributed by atoms with Crippen LogP contribution in [0.3, 0.4) is 0 Å². The molecule has 0 saturated carbocycles. The van der Waals surface area contributed by atoms with E-state index < -0.39 is 10.0 Å². The van der Waals surface area contributed by atoms with Crippen molar-refractivity contribution in [3.05, 3.63) is 12.2 Å². The van der Waals surface area contributed by atoms with Crippen molar-refractivity contribution in [2.24, 2.45) is 0 Å². The summed E-state index contributed by atoms with van der Waals surface area (Å²) in [5, 5.41) is 7.05. The molecule has 0 fully saturated rings. The van der Waals surface area contributed by atoms with Gasteiger partial charge >= 0.3 is 0 Å². The second-order valence-electron chi connectivity index (χ2n) is 1.46. The first kappa shape index (κ1) is 8.85. The largest absolute Gasteiger partial charge is 0.304 e. The van der Waals surface area contributed by atoms with E-state index in [1.165, 1.54) is 0 Å². The Balaban J connectivity index is 3.64. The molecule has 9 heavy (non-hydrogen) atoms. The first-order chi connectivity index (χ1) is 4.16. The molecule has 0 aliphatic carbocycles. The summed E-state index contributed by atoms with van der Waals surface area (Å²) in [4.78, 5) is 0. The van der Waals surface area contributed by atoms with Gasteiger partial charge in [0, 0.05) is 5.71 Å². The van der Waals surface area contributed by atoms with E-state index in [1.54, 1.807) is 19.1 Å². The lowest BCUT2D eigenvalue weighted by Crippen LogP contribution is -2.00. The van der Waals surface area contributed by atoms with E-state index >= 15 is 0 Å². The summed E-state index contributed by atoms with van der Waals surface area (Å²) in [6, 6.07) is 0. The van der Waals surface area contributed by atoms with Crippen LogP contribution in [-0.2, 0) is 10.0 Å². The molecule has 0 radical (unpaired) electrons. The van der Waals surface area contributed by atoms with Crippen LogP contribution in [-0.4, -0.2) is 15.7 Å². The van der Waals surface area contributed by atoms with Crippen LogP contribution in [0.25, 0.3) is 0 Å². The highest BCUT2D eigenvalue weighted by molar-refractivity contribution is 8.08. The zero-order valence-corrected chi connectivity index (χ0v) is 6.63. The van der Waals surface area contributed by atoms with Crippen molar-refractivity contribution in [3.8, 4) is 0 Å². The summed E-state index contributed by atoms with van der Waals surface area (Å²) >= 11 is 0. The van der Waals surface area contributed by atoms with Gasteiger partial charge in [-0.2, -0.15) is 0 Å². The van der Waals surface area contributed by atoms with Gasteiger partial charge in [-0.15, -0.1) is 0 Å². The molecule has 1 N–H and O–H groups in total. The van der Waals surface area contributed by atoms with Crippen LogP contribution in [0.4, 0.5) is 0 Å². The van der Waals surface area contributed by atoms with Gasteiger partial charge in [-0.05, 0) is 23.7 Å². The smallest absolute Gasteiger partial charge is 0.121 e. The molecule has 1 atom stereocenters. The van der Waals surface area contributed by atoms with Crippen LogP contribution in [0.5, 0.6) is 0 Å². The Morgan fingerprint density at radius 1 is 1.89 bits per heavy atom. The lowest BCUT2D eigenvalue weighted by Gasteiger charge is -1.88. The van der Waals surface area contributed by atoms with Crippen molar-refractivity contribution < 1.29 is 4.21 Å². The van der Waals surface area contributed by atoms with Crippen LogP contribution in [0, 0.1) is 5.41 Å². The highest BCUT2D eigenvalue weighted by Crippen LogP contribution is 1.89. The molecular formula is C5H8ClNOS. The van der Waals surface area contributed by atoms with E-state index in [4.69, 9.17) is 16.1 Å². The molecule has 2 nitrogen and oxygen atoms in total. The normalized spacial score (nSPS) is 14.0. The lowest BCUT2D eigenvalue weighted by molar-refractivity contribution is 0.693. The predicted molar refractivity (Wildman–Crippen MR) is 41.4 cm³/mol. The van der Waals surface area contributed by atoms with E-state index in [2.05, 4.69) is 0 Å². The second kappa shape index (κ2) is 4.70. The molecular weight excluding hydrogens is 158 g/mol. The van der Waals surface area contributed by atoms with Gasteiger partial charge in [0.25, 0.3) is 0 Å². The molecule has 4 heteroatoms. The van der Waals surface area contributed by atoms with Gasteiger partial charge in [-0.1, -0.05) is 6.08 Å². The minimum Gasteiger partial charge on any atom is -0.304 e. The highest BCUT2D eigenvalue weighted by atomic mass is 35.7. The fraction of sp³-hybridized carbons (Fsp3) is 0.400. The Kier molecular flexibility index (Phi) is 4.62. The van der Waals surface area contributed by atoms with Gasteiger partial charge in [-0.3, -0.25) is 0 Å². The molecule has 1 unspecified atom stereocenters. The zero-order valence-electron chi connectivity index (χ0n) is 5.06. The minimum atomic E-state index is -1.40. The molecule has 0 rings (SSSR count). The van der Waals surface area contributed by atoms with E-state index in [9.17, 15) is 4.21 Å². The van der Waals surface area contributed by atoms with Crippen molar-refractivity contribution in [2.45, 2.75) is 6.92 Å². The third kappa shape index (κ3) is 5.73. The average Bonchev–Trinajstić information content (AvgIpc) is 1.63. The van der Waals surface area contributed by atoms with Gasteiger partial charge in [-0.25, -0.2) is 4.21 Å². The third-order valence-corrected chi connectivity index (χ3v) is 1.50. The Morgan fingerprint density at radius 2 is 2.44 bits per heavy atom. The Morgan fingerprint density at radius 3 is 2.78 bits per heavy atom. The highest BCUT2D eigenvalue weighted by Gasteiger charge is 1.94. The SMILES string of the molecule is C/C=C\C(=N)CS(=O)Cl. The number of allylic oxidation sites excluding steroid dienone is 2. The number of nitrogens with one attached hydrogen (secondary N) is 1. The van der Waals surface area contributed by atoms with Crippen molar-refractivity contribution in [1.29, 1.82) is 5.41 Å². The summed E-state index contributed by atoms with van der Waals surface area (Å²) in [6.07, 6.45) is 3.28. The molecule has 52 valence electrons. The summed E-state index contributed by atoms with van der Waals surface area (Å²) in [5.41, 5.74) is 0.297. The number of hydrogen-bond acceptors (Lipinski definition) is 2. The first-order valence-electron chi connectivity index (χ1n) is 2.41. The molecule has 0 aliphatic rings. The molecule has 0 heterocycles. The molecule has 0 saturated heterocycles. The van der Waals surface area contributed by atoms with Crippen molar-refractivity contribution >= 4 is 26.4 Å². The van der Waals surface area contributed by atoms with E-state index in [-0.39, 0.29) is 5.75 Å². The van der Waals surface area contributed by atoms with Crippen LogP contribution in [0.1, 0.15) is 6.92 Å². The van der Waals surface area contributed by atoms with Crippen molar-refractivity contribution in [1.82, 2.24) is 0 Å². The van der Waals surface area contributed by atoms with Gasteiger partial charge in [0.05, 0.1) is 5.75 Å². The summed E-state index contributed by atoms with van der Waals surface area (Å²) in [5.74, 6) is 0.131. The van der Waals surface area contributed by atoms with Crippen LogP contribution in [0.2, 0.25) is 0 Å². The summed E-state index contributed by atoms with van der Waals surface area (Å²) < 4.78 is 10.2. The van der Waals surface area contributed by atoms with Crippen LogP contribution >= 0.6 is 10.7 Å². The maximum atomic E-state index is 10.2. The Bertz CT molecular complexity index is 155. The number of hydrogen-bond donors (Lipinski definition) is 1. The number of rotatable bonds is 3. The van der Waals surface area contributed by atoms with E-state index in [0.717, 1.165) is 0 Å². The third-order valence-electron chi connectivity index (χ3n) is 0.637. The predicted octanol–water partition coefficient (Wildman–Crippen LogP) is 1.48. The molecule has 0 spiro atoms. The first-order valence-corrected chi connectivity index (χ1v) is 4.56. The fourth-order valence-corrected chi connectivity index (χ4v) is 1.06. The topological polar surface area (TPSA) is 40.9 Å². The Labute approximate surface area is 61.4 Å². The fourth-order valence-electron chi connectivity index (χ4n) is 0.372.